The summed E-state index contributed by atoms with van der Waals surface area (Å²) in [7, 11) is -1.99. The fraction of sp³-hybridized carbons (Fsp3) is 0.0435. The minimum Gasteiger partial charge on any atom is -0.309 e. The van der Waals surface area contributed by atoms with E-state index >= 15 is 0 Å². The average molecular weight is 697 g/mol. The van der Waals surface area contributed by atoms with Crippen LogP contribution in [0.1, 0.15) is 11.1 Å². The summed E-state index contributed by atoms with van der Waals surface area (Å²) in [5.74, 6) is 0. The van der Waals surface area contributed by atoms with Gasteiger partial charge in [-0.15, -0.1) is 11.3 Å². The Morgan fingerprint density at radius 2 is 1.08 bits per heavy atom. The van der Waals surface area contributed by atoms with E-state index < -0.39 is 8.07 Å². The van der Waals surface area contributed by atoms with E-state index in [1.807, 2.05) is 47.7 Å². The number of para-hydroxylation sites is 1. The molecule has 11 rings (SSSR count). The van der Waals surface area contributed by atoms with Crippen LogP contribution in [-0.2, 0) is 0 Å². The minimum atomic E-state index is -1.99. The third kappa shape index (κ3) is 3.78. The van der Waals surface area contributed by atoms with E-state index in [4.69, 9.17) is 0 Å². The fourth-order valence-electron chi connectivity index (χ4n) is 9.00. The molecule has 0 radical (unpaired) electrons. The summed E-state index contributed by atoms with van der Waals surface area (Å²) in [5.41, 5.74) is 10.6. The zero-order valence-corrected chi connectivity index (χ0v) is 30.2. The van der Waals surface area contributed by atoms with Crippen LogP contribution in [-0.4, -0.2) is 17.2 Å². The highest BCUT2D eigenvalue weighted by atomic mass is 32.1. The molecule has 0 atom stereocenters. The van der Waals surface area contributed by atoms with Crippen LogP contribution in [0, 0.1) is 22.7 Å². The molecule has 52 heavy (non-hydrogen) atoms. The molecule has 0 N–H and O–H groups in total. The molecule has 10 aromatic rings. The number of aromatic nitrogens is 2. The van der Waals surface area contributed by atoms with Crippen LogP contribution in [0.25, 0.3) is 86.3 Å². The fourth-order valence-corrected chi connectivity index (χ4v) is 13.2. The van der Waals surface area contributed by atoms with E-state index in [0.29, 0.717) is 11.1 Å². The topological polar surface area (TPSA) is 57.4 Å². The summed E-state index contributed by atoms with van der Waals surface area (Å²) >= 11 is 1.86. The third-order valence-electron chi connectivity index (χ3n) is 11.4. The van der Waals surface area contributed by atoms with Crippen LogP contribution in [0.5, 0.6) is 0 Å². The molecule has 0 bridgehead atoms. The van der Waals surface area contributed by atoms with Crippen molar-refractivity contribution in [2.24, 2.45) is 0 Å². The van der Waals surface area contributed by atoms with Gasteiger partial charge in [0.05, 0.1) is 45.3 Å². The Bertz CT molecular complexity index is 3240. The van der Waals surface area contributed by atoms with Gasteiger partial charge in [-0.25, -0.2) is 0 Å². The van der Waals surface area contributed by atoms with Crippen LogP contribution < -0.4 is 10.4 Å². The first-order valence-corrected chi connectivity index (χ1v) is 21.3. The van der Waals surface area contributed by atoms with Crippen molar-refractivity contribution >= 4 is 93.6 Å². The second-order valence-corrected chi connectivity index (χ2v) is 19.8. The van der Waals surface area contributed by atoms with Gasteiger partial charge >= 0.3 is 0 Å². The largest absolute Gasteiger partial charge is 0.309 e. The lowest BCUT2D eigenvalue weighted by molar-refractivity contribution is 1.18. The van der Waals surface area contributed by atoms with Crippen molar-refractivity contribution < 1.29 is 0 Å². The SMILES string of the molecule is C[Si]1(C)c2ccc(-n3c4ccc(C#N)cc4c4cc(C#N)ccc43)cc2-c2cc(-n3c4ccccc4c4ccc5sc6ccccc6c5c43)ccc21. The Morgan fingerprint density at radius 3 is 1.73 bits per heavy atom. The van der Waals surface area contributed by atoms with Crippen molar-refractivity contribution in [1.29, 1.82) is 10.5 Å². The lowest BCUT2D eigenvalue weighted by atomic mass is 10.0. The van der Waals surface area contributed by atoms with Gasteiger partial charge in [-0.1, -0.05) is 67.7 Å². The summed E-state index contributed by atoms with van der Waals surface area (Å²) in [6.45, 7) is 4.93. The predicted octanol–water partition coefficient (Wildman–Crippen LogP) is 10.8. The molecular weight excluding hydrogens is 669 g/mol. The van der Waals surface area contributed by atoms with Crippen molar-refractivity contribution in [2.75, 3.05) is 0 Å². The first kappa shape index (κ1) is 29.3. The highest BCUT2D eigenvalue weighted by Gasteiger charge is 2.38. The molecule has 1 aliphatic rings. The number of nitrogens with zero attached hydrogens (tertiary/aromatic N) is 4. The second-order valence-electron chi connectivity index (χ2n) is 14.4. The van der Waals surface area contributed by atoms with E-state index in [-0.39, 0.29) is 0 Å². The van der Waals surface area contributed by atoms with E-state index in [9.17, 15) is 10.5 Å². The van der Waals surface area contributed by atoms with Gasteiger partial charge in [0, 0.05) is 53.1 Å². The average Bonchev–Trinajstić information content (AvgIpc) is 3.89. The van der Waals surface area contributed by atoms with Gasteiger partial charge in [0.15, 0.2) is 0 Å². The molecule has 3 aromatic heterocycles. The highest BCUT2D eigenvalue weighted by Crippen LogP contribution is 2.44. The number of thiophene rings is 1. The molecule has 0 aliphatic carbocycles. The molecule has 0 amide bonds. The van der Waals surface area contributed by atoms with E-state index in [1.165, 1.54) is 69.2 Å². The van der Waals surface area contributed by atoms with Gasteiger partial charge in [0.2, 0.25) is 0 Å². The van der Waals surface area contributed by atoms with Crippen molar-refractivity contribution in [3.63, 3.8) is 0 Å². The molecule has 0 saturated carbocycles. The Hall–Kier alpha value is -6.44. The number of rotatable bonds is 2. The molecule has 0 spiro atoms. The van der Waals surface area contributed by atoms with Gasteiger partial charge in [0.25, 0.3) is 0 Å². The zero-order chi connectivity index (χ0) is 34.9. The molecule has 4 heterocycles. The summed E-state index contributed by atoms with van der Waals surface area (Å²) < 4.78 is 7.39. The molecule has 0 fully saturated rings. The number of nitriles is 2. The van der Waals surface area contributed by atoms with Gasteiger partial charge in [-0.05, 0) is 100 Å². The van der Waals surface area contributed by atoms with Gasteiger partial charge < -0.3 is 9.13 Å². The maximum Gasteiger partial charge on any atom is 0.113 e. The Labute approximate surface area is 304 Å². The van der Waals surface area contributed by atoms with Crippen molar-refractivity contribution in [2.45, 2.75) is 13.1 Å². The molecule has 7 aromatic carbocycles. The Balaban J connectivity index is 1.18. The molecule has 0 unspecified atom stereocenters. The maximum atomic E-state index is 9.73. The molecule has 4 nitrogen and oxygen atoms in total. The van der Waals surface area contributed by atoms with Gasteiger partial charge in [-0.3, -0.25) is 0 Å². The standard InChI is InChI=1S/C46H28N4SSi/c1-52(2)43-19-13-29(49-39-16-11-27(25-47)21-34(39)35-22-28(26-48)12-17-40(35)49)23-36(43)37-24-30(14-20-44(37)52)50-38-9-5-3-7-31(38)32-15-18-42-45(46(32)50)33-8-4-6-10-41(33)51-42/h3-24H,1-2H3. The van der Waals surface area contributed by atoms with Gasteiger partial charge in [0.1, 0.15) is 8.07 Å². The monoisotopic (exact) mass is 696 g/mol. The first-order valence-electron chi connectivity index (χ1n) is 17.5. The number of hydrogen-bond donors (Lipinski definition) is 0. The molecule has 0 saturated heterocycles. The summed E-state index contributed by atoms with van der Waals surface area (Å²) in [5, 5.41) is 29.5. The van der Waals surface area contributed by atoms with E-state index in [2.05, 4.69) is 131 Å². The molecule has 6 heteroatoms. The van der Waals surface area contributed by atoms with Crippen LogP contribution in [0.3, 0.4) is 0 Å². The first-order chi connectivity index (χ1) is 25.4. The summed E-state index contributed by atoms with van der Waals surface area (Å²) in [4.78, 5) is 0. The van der Waals surface area contributed by atoms with Gasteiger partial charge in [-0.2, -0.15) is 10.5 Å². The van der Waals surface area contributed by atoms with Crippen LogP contribution in [0.15, 0.2) is 133 Å². The third-order valence-corrected chi connectivity index (χ3v) is 16.1. The van der Waals surface area contributed by atoms with E-state index in [1.54, 1.807) is 0 Å². The number of hydrogen-bond acceptors (Lipinski definition) is 3. The Morgan fingerprint density at radius 1 is 0.500 bits per heavy atom. The van der Waals surface area contributed by atoms with Crippen LogP contribution in [0.2, 0.25) is 13.1 Å². The van der Waals surface area contributed by atoms with Crippen molar-refractivity contribution in [3.8, 4) is 34.6 Å². The number of fused-ring (bicyclic) bond motifs is 13. The summed E-state index contributed by atoms with van der Waals surface area (Å²) in [6.07, 6.45) is 0. The lowest BCUT2D eigenvalue weighted by Crippen LogP contribution is -2.49. The zero-order valence-electron chi connectivity index (χ0n) is 28.4. The molecular formula is C46H28N4SSi. The van der Waals surface area contributed by atoms with Crippen LogP contribution in [0.4, 0.5) is 0 Å². The number of benzene rings is 7. The predicted molar refractivity (Wildman–Crippen MR) is 220 cm³/mol. The van der Waals surface area contributed by atoms with Crippen LogP contribution >= 0.6 is 11.3 Å². The molecule has 242 valence electrons. The van der Waals surface area contributed by atoms with E-state index in [0.717, 1.165) is 27.5 Å². The Kier molecular flexibility index (Phi) is 5.81. The minimum absolute atomic E-state index is 0.606. The maximum absolute atomic E-state index is 9.73. The molecule has 1 aliphatic heterocycles. The summed E-state index contributed by atoms with van der Waals surface area (Å²) in [6, 6.07) is 52.7. The van der Waals surface area contributed by atoms with Crippen molar-refractivity contribution in [1.82, 2.24) is 9.13 Å². The lowest BCUT2D eigenvalue weighted by Gasteiger charge is -2.19. The smallest absolute Gasteiger partial charge is 0.113 e. The van der Waals surface area contributed by atoms with Crippen molar-refractivity contribution in [3.05, 3.63) is 145 Å². The normalized spacial score (nSPS) is 13.3. The second kappa shape index (κ2) is 10.3. The highest BCUT2D eigenvalue weighted by molar-refractivity contribution is 7.26. The quantitative estimate of drug-likeness (QED) is 0.169.